The molecule has 1 aromatic heterocycles. The summed E-state index contributed by atoms with van der Waals surface area (Å²) >= 11 is 0. The summed E-state index contributed by atoms with van der Waals surface area (Å²) in [6, 6.07) is 4.48. The maximum absolute atomic E-state index is 12.2. The first kappa shape index (κ1) is 14.5. The van der Waals surface area contributed by atoms with Crippen LogP contribution in [-0.2, 0) is 11.2 Å². The molecule has 0 radical (unpaired) electrons. The third-order valence-corrected chi connectivity index (χ3v) is 4.57. The molecule has 0 unspecified atom stereocenters. The van der Waals surface area contributed by atoms with Crippen LogP contribution in [0.1, 0.15) is 24.8 Å². The molecule has 21 heavy (non-hydrogen) atoms. The number of carbonyl (C=O) groups is 1. The Labute approximate surface area is 125 Å². The summed E-state index contributed by atoms with van der Waals surface area (Å²) in [5.74, 6) is 0.251. The molecule has 2 aliphatic heterocycles. The second kappa shape index (κ2) is 6.54. The van der Waals surface area contributed by atoms with Crippen LogP contribution in [0.25, 0.3) is 0 Å². The van der Waals surface area contributed by atoms with E-state index in [0.29, 0.717) is 12.5 Å². The van der Waals surface area contributed by atoms with Gasteiger partial charge >= 0.3 is 0 Å². The van der Waals surface area contributed by atoms with Crippen molar-refractivity contribution < 1.29 is 9.90 Å². The first-order valence-corrected chi connectivity index (χ1v) is 7.81. The van der Waals surface area contributed by atoms with Crippen LogP contribution in [0.2, 0.25) is 0 Å². The first-order chi connectivity index (χ1) is 10.2. The molecule has 2 aliphatic rings. The van der Waals surface area contributed by atoms with Crippen LogP contribution in [-0.4, -0.2) is 64.1 Å². The fourth-order valence-corrected chi connectivity index (χ4v) is 3.22. The predicted octanol–water partition coefficient (Wildman–Crippen LogP) is 0.682. The molecule has 3 rings (SSSR count). The van der Waals surface area contributed by atoms with Gasteiger partial charge in [-0.25, -0.2) is 0 Å². The van der Waals surface area contributed by atoms with Crippen LogP contribution in [0.5, 0.6) is 0 Å². The number of likely N-dealkylation sites (tertiary alicyclic amines) is 2. The van der Waals surface area contributed by atoms with Crippen molar-refractivity contribution in [2.24, 2.45) is 0 Å². The lowest BCUT2D eigenvalue weighted by molar-refractivity contribution is -0.133. The average Bonchev–Trinajstić information content (AvgIpc) is 2.51. The number of nitrogens with zero attached hydrogens (tertiary/aromatic N) is 3. The summed E-state index contributed by atoms with van der Waals surface area (Å²) in [5.41, 5.74) is 1.12. The molecular weight excluding hydrogens is 266 g/mol. The van der Waals surface area contributed by atoms with Crippen LogP contribution < -0.4 is 0 Å². The number of piperidine rings is 1. The molecule has 1 aromatic rings. The van der Waals surface area contributed by atoms with Gasteiger partial charge in [-0.05, 0) is 30.9 Å². The number of rotatable bonds is 4. The number of aliphatic hydroxyl groups is 1. The van der Waals surface area contributed by atoms with Gasteiger partial charge in [0.15, 0.2) is 0 Å². The van der Waals surface area contributed by atoms with E-state index in [-0.39, 0.29) is 12.0 Å². The van der Waals surface area contributed by atoms with Crippen molar-refractivity contribution >= 4 is 5.91 Å². The van der Waals surface area contributed by atoms with Gasteiger partial charge in [0.1, 0.15) is 0 Å². The first-order valence-electron chi connectivity index (χ1n) is 7.81. The molecule has 1 N–H and O–H groups in total. The lowest BCUT2D eigenvalue weighted by atomic mass is 9.98. The zero-order valence-corrected chi connectivity index (χ0v) is 12.3. The summed E-state index contributed by atoms with van der Waals surface area (Å²) in [4.78, 5) is 20.6. The van der Waals surface area contributed by atoms with Gasteiger partial charge in [0.05, 0.1) is 6.10 Å². The number of aromatic nitrogens is 1. The number of aryl methyl sites for hydroxylation is 1. The van der Waals surface area contributed by atoms with E-state index in [9.17, 15) is 9.90 Å². The highest BCUT2D eigenvalue weighted by atomic mass is 16.3. The Morgan fingerprint density at radius 1 is 1.33 bits per heavy atom. The molecule has 5 nitrogen and oxygen atoms in total. The van der Waals surface area contributed by atoms with Crippen LogP contribution >= 0.6 is 0 Å². The number of amides is 1. The second-order valence-electron chi connectivity index (χ2n) is 6.08. The molecule has 2 fully saturated rings. The van der Waals surface area contributed by atoms with Crippen molar-refractivity contribution in [3.63, 3.8) is 0 Å². The molecule has 0 spiro atoms. The highest BCUT2D eigenvalue weighted by Crippen LogP contribution is 2.22. The number of aliphatic hydroxyl groups excluding tert-OH is 1. The third kappa shape index (κ3) is 3.60. The smallest absolute Gasteiger partial charge is 0.222 e. The zero-order chi connectivity index (χ0) is 14.7. The third-order valence-electron chi connectivity index (χ3n) is 4.57. The minimum atomic E-state index is -0.135. The Kier molecular flexibility index (Phi) is 4.51. The Hall–Kier alpha value is -1.46. The summed E-state index contributed by atoms with van der Waals surface area (Å²) in [5, 5.41) is 9.36. The fourth-order valence-electron chi connectivity index (χ4n) is 3.22. The normalized spacial score (nSPS) is 21.3. The molecule has 1 amide bonds. The van der Waals surface area contributed by atoms with Gasteiger partial charge in [-0.2, -0.15) is 0 Å². The standard InChI is InChI=1S/C16H23N3O2/c20-15-11-19(12-15)14-5-8-18(9-6-14)16(21)4-3-13-2-1-7-17-10-13/h1-2,7,10,14-15,20H,3-6,8-9,11-12H2. The topological polar surface area (TPSA) is 56.7 Å². The van der Waals surface area contributed by atoms with Gasteiger partial charge in [-0.3, -0.25) is 14.7 Å². The van der Waals surface area contributed by atoms with Crippen molar-refractivity contribution in [1.82, 2.24) is 14.8 Å². The molecular formula is C16H23N3O2. The lowest BCUT2D eigenvalue weighted by Crippen LogP contribution is -2.58. The van der Waals surface area contributed by atoms with Crippen molar-refractivity contribution in [1.29, 1.82) is 0 Å². The summed E-state index contributed by atoms with van der Waals surface area (Å²) < 4.78 is 0. The van der Waals surface area contributed by atoms with Crippen molar-refractivity contribution in [3.8, 4) is 0 Å². The second-order valence-corrected chi connectivity index (χ2v) is 6.08. The Morgan fingerprint density at radius 3 is 2.71 bits per heavy atom. The minimum absolute atomic E-state index is 0.135. The molecule has 0 aliphatic carbocycles. The summed E-state index contributed by atoms with van der Waals surface area (Å²) in [7, 11) is 0. The van der Waals surface area contributed by atoms with E-state index in [2.05, 4.69) is 9.88 Å². The fraction of sp³-hybridized carbons (Fsp3) is 0.625. The summed E-state index contributed by atoms with van der Waals surface area (Å²) in [6.07, 6.45) is 6.85. The van der Waals surface area contributed by atoms with Gasteiger partial charge < -0.3 is 10.0 Å². The zero-order valence-electron chi connectivity index (χ0n) is 12.3. The van der Waals surface area contributed by atoms with E-state index in [1.54, 1.807) is 6.20 Å². The predicted molar refractivity (Wildman–Crippen MR) is 79.7 cm³/mol. The van der Waals surface area contributed by atoms with Gasteiger partial charge in [0.2, 0.25) is 5.91 Å². The number of β-amino-alcohol motifs (C(OH)–C–C–N with tert-alkyl or cyclic N) is 1. The van der Waals surface area contributed by atoms with Crippen molar-refractivity contribution in [2.45, 2.75) is 37.8 Å². The van der Waals surface area contributed by atoms with Gasteiger partial charge in [-0.1, -0.05) is 6.07 Å². The van der Waals surface area contributed by atoms with Crippen LogP contribution in [0.4, 0.5) is 0 Å². The minimum Gasteiger partial charge on any atom is -0.390 e. The molecule has 0 bridgehead atoms. The molecule has 2 saturated heterocycles. The van der Waals surface area contributed by atoms with Crippen LogP contribution in [0.15, 0.2) is 24.5 Å². The van der Waals surface area contributed by atoms with E-state index in [4.69, 9.17) is 0 Å². The molecule has 0 saturated carbocycles. The lowest BCUT2D eigenvalue weighted by Gasteiger charge is -2.45. The van der Waals surface area contributed by atoms with Gasteiger partial charge in [-0.15, -0.1) is 0 Å². The van der Waals surface area contributed by atoms with Crippen molar-refractivity contribution in [3.05, 3.63) is 30.1 Å². The van der Waals surface area contributed by atoms with Gasteiger partial charge in [0, 0.05) is 51.0 Å². The average molecular weight is 289 g/mol. The van der Waals surface area contributed by atoms with Crippen LogP contribution in [0.3, 0.4) is 0 Å². The quantitative estimate of drug-likeness (QED) is 0.886. The Bertz CT molecular complexity index is 466. The molecule has 3 heterocycles. The molecule has 114 valence electrons. The van der Waals surface area contributed by atoms with E-state index in [1.165, 1.54) is 0 Å². The molecule has 0 atom stereocenters. The molecule has 5 heteroatoms. The van der Waals surface area contributed by atoms with E-state index < -0.39 is 0 Å². The number of pyridine rings is 1. The number of carbonyl (C=O) groups excluding carboxylic acids is 1. The van der Waals surface area contributed by atoms with E-state index in [0.717, 1.165) is 51.0 Å². The monoisotopic (exact) mass is 289 g/mol. The van der Waals surface area contributed by atoms with Crippen LogP contribution in [0, 0.1) is 0 Å². The number of hydrogen-bond donors (Lipinski definition) is 1. The van der Waals surface area contributed by atoms with E-state index >= 15 is 0 Å². The van der Waals surface area contributed by atoms with Crippen molar-refractivity contribution in [2.75, 3.05) is 26.2 Å². The maximum atomic E-state index is 12.2. The Morgan fingerprint density at radius 2 is 2.10 bits per heavy atom. The Balaban J connectivity index is 1.40. The summed E-state index contributed by atoms with van der Waals surface area (Å²) in [6.45, 7) is 3.31. The highest BCUT2D eigenvalue weighted by Gasteiger charge is 2.33. The molecule has 0 aromatic carbocycles. The maximum Gasteiger partial charge on any atom is 0.222 e. The van der Waals surface area contributed by atoms with Gasteiger partial charge in [0.25, 0.3) is 0 Å². The highest BCUT2D eigenvalue weighted by molar-refractivity contribution is 5.76. The largest absolute Gasteiger partial charge is 0.390 e. The SMILES string of the molecule is O=C(CCc1cccnc1)N1CCC(N2CC(O)C2)CC1. The van der Waals surface area contributed by atoms with E-state index in [1.807, 2.05) is 23.2 Å². The number of hydrogen-bond acceptors (Lipinski definition) is 4.